The van der Waals surface area contributed by atoms with Crippen molar-refractivity contribution in [2.24, 2.45) is 0 Å². The van der Waals surface area contributed by atoms with E-state index in [1.807, 2.05) is 0 Å². The van der Waals surface area contributed by atoms with Crippen LogP contribution >= 0.6 is 0 Å². The van der Waals surface area contributed by atoms with Crippen LogP contribution in [0.5, 0.6) is 0 Å². The lowest BCUT2D eigenvalue weighted by Gasteiger charge is -2.19. The highest BCUT2D eigenvalue weighted by Gasteiger charge is 2.44. The molecule has 0 saturated carbocycles. The van der Waals surface area contributed by atoms with Gasteiger partial charge in [-0.1, -0.05) is 12.1 Å². The van der Waals surface area contributed by atoms with E-state index in [9.17, 15) is 47.4 Å². The molecule has 0 atom stereocenters. The Morgan fingerprint density at radius 3 is 1.50 bits per heavy atom. The van der Waals surface area contributed by atoms with Gasteiger partial charge in [-0.25, -0.2) is 0 Å². The molecule has 7 nitrogen and oxygen atoms in total. The molecule has 0 unspecified atom stereocenters. The Labute approximate surface area is 197 Å². The van der Waals surface area contributed by atoms with Gasteiger partial charge in [0.1, 0.15) is 42.0 Å². The summed E-state index contributed by atoms with van der Waals surface area (Å²) in [6, 6.07) is 10.5. The molecule has 0 aliphatic rings. The summed E-state index contributed by atoms with van der Waals surface area (Å²) >= 11 is 0. The number of rotatable bonds is 1. The fourth-order valence-corrected chi connectivity index (χ4v) is 3.31. The highest BCUT2D eigenvalue weighted by molar-refractivity contribution is 5.85. The lowest BCUT2D eigenvalue weighted by atomic mass is 9.86. The van der Waals surface area contributed by atoms with Crippen molar-refractivity contribution in [2.45, 2.75) is 12.4 Å². The Morgan fingerprint density at radius 1 is 0.611 bits per heavy atom. The van der Waals surface area contributed by atoms with Crippen LogP contribution in [0.25, 0.3) is 11.1 Å². The van der Waals surface area contributed by atoms with Gasteiger partial charge in [0, 0.05) is 16.0 Å². The maximum Gasteiger partial charge on any atom is 0.418 e. The zero-order valence-corrected chi connectivity index (χ0v) is 17.1. The molecule has 172 valence electrons. The molecule has 13 heteroatoms. The minimum atomic E-state index is -5.49. The molecule has 0 saturated heterocycles. The first kappa shape index (κ1) is 26.4. The van der Waals surface area contributed by atoms with Gasteiger partial charge in [-0.3, -0.25) is 0 Å². The topological polar surface area (TPSA) is 167 Å². The van der Waals surface area contributed by atoms with Crippen molar-refractivity contribution in [3.8, 4) is 42.5 Å². The molecule has 0 aromatic heterocycles. The Hall–Kier alpha value is -5.81. The fourth-order valence-electron chi connectivity index (χ4n) is 3.31. The average Bonchev–Trinajstić information content (AvgIpc) is 2.83. The van der Waals surface area contributed by atoms with Gasteiger partial charge in [-0.05, 0) is 6.07 Å². The van der Waals surface area contributed by atoms with Crippen LogP contribution in [0.2, 0.25) is 0 Å². The van der Waals surface area contributed by atoms with Crippen LogP contribution in [0.3, 0.4) is 0 Å². The van der Waals surface area contributed by atoms with E-state index in [0.717, 1.165) is 24.3 Å². The molecule has 2 aromatic carbocycles. The minimum Gasteiger partial charge on any atom is -0.192 e. The van der Waals surface area contributed by atoms with E-state index in [2.05, 4.69) is 0 Å². The number of alkyl halides is 6. The predicted molar refractivity (Wildman–Crippen MR) is 104 cm³/mol. The van der Waals surface area contributed by atoms with Gasteiger partial charge in [0.25, 0.3) is 0 Å². The van der Waals surface area contributed by atoms with Gasteiger partial charge in [-0.15, -0.1) is 0 Å². The van der Waals surface area contributed by atoms with Crippen molar-refractivity contribution in [1.82, 2.24) is 0 Å². The molecular formula is C23H3F6N7. The highest BCUT2D eigenvalue weighted by Crippen LogP contribution is 2.43. The van der Waals surface area contributed by atoms with Crippen molar-refractivity contribution in [3.63, 3.8) is 0 Å². The van der Waals surface area contributed by atoms with E-state index in [-0.39, 0.29) is 6.07 Å². The molecule has 0 N–H and O–H groups in total. The molecule has 0 heterocycles. The van der Waals surface area contributed by atoms with E-state index in [0.29, 0.717) is 0 Å². The van der Waals surface area contributed by atoms with Gasteiger partial charge in [0.15, 0.2) is 0 Å². The van der Waals surface area contributed by atoms with Crippen LogP contribution in [0.1, 0.15) is 38.9 Å². The molecule has 0 amide bonds. The third-order valence-corrected chi connectivity index (χ3v) is 4.70. The second-order valence-electron chi connectivity index (χ2n) is 6.54. The van der Waals surface area contributed by atoms with Gasteiger partial charge >= 0.3 is 12.4 Å². The van der Waals surface area contributed by atoms with Gasteiger partial charge in [0.05, 0.1) is 45.0 Å². The number of nitriles is 7. The van der Waals surface area contributed by atoms with Gasteiger partial charge < -0.3 is 0 Å². The third-order valence-electron chi connectivity index (χ3n) is 4.70. The summed E-state index contributed by atoms with van der Waals surface area (Å²) in [6.45, 7) is 0. The summed E-state index contributed by atoms with van der Waals surface area (Å²) in [5.41, 5.74) is -12.2. The van der Waals surface area contributed by atoms with Crippen molar-refractivity contribution in [1.29, 1.82) is 36.8 Å². The minimum absolute atomic E-state index is 0.167. The predicted octanol–water partition coefficient (Wildman–Crippen LogP) is 3.13. The number of halogens is 6. The zero-order valence-electron chi connectivity index (χ0n) is 17.1. The maximum atomic E-state index is 13.9. The Bertz CT molecular complexity index is 1720. The summed E-state index contributed by atoms with van der Waals surface area (Å²) in [5, 5.41) is 64.2. The van der Waals surface area contributed by atoms with Crippen LogP contribution in [0.15, 0.2) is 18.2 Å². The smallest absolute Gasteiger partial charge is 0.192 e. The summed E-state index contributed by atoms with van der Waals surface area (Å²) < 4.78 is 82.8. The molecular weight excluding hydrogens is 488 g/mol. The lowest BCUT2D eigenvalue weighted by Crippen LogP contribution is -2.24. The van der Waals surface area contributed by atoms with Crippen molar-refractivity contribution in [2.75, 3.05) is 0 Å². The fraction of sp³-hybridized carbons (Fsp3) is 0.0870. The molecule has 2 rings (SSSR count). The second kappa shape index (κ2) is 9.59. The van der Waals surface area contributed by atoms with Crippen LogP contribution in [-0.4, -0.2) is 0 Å². The Kier molecular flexibility index (Phi) is 7.04. The summed E-state index contributed by atoms with van der Waals surface area (Å²) in [6.07, 6.45) is -11.0. The quantitative estimate of drug-likeness (QED) is 0.552. The maximum absolute atomic E-state index is 13.9. The monoisotopic (exact) mass is 491 g/mol. The van der Waals surface area contributed by atoms with Crippen LogP contribution in [0, 0.1) is 79.3 Å². The van der Waals surface area contributed by atoms with Crippen LogP contribution < -0.4 is 10.4 Å². The number of benzene rings is 2. The largest absolute Gasteiger partial charge is 0.418 e. The summed E-state index contributed by atoms with van der Waals surface area (Å²) in [7, 11) is 0. The second-order valence-corrected chi connectivity index (χ2v) is 6.54. The summed E-state index contributed by atoms with van der Waals surface area (Å²) in [4.78, 5) is 0. The van der Waals surface area contributed by atoms with E-state index in [1.165, 1.54) is 30.3 Å². The van der Waals surface area contributed by atoms with Gasteiger partial charge in [0.2, 0.25) is 0 Å². The SMILES string of the molecule is N#CC(C#N)=c1cc/c(=C(\C#N)c2c(C(F)(F)F)cc(C#N)c(C(F)(F)F)c2C#N)c(C#N)c1C#N. The normalized spacial score (nSPS) is 11.3. The number of hydrogen-bond acceptors (Lipinski definition) is 7. The zero-order chi connectivity index (χ0) is 27.4. The van der Waals surface area contributed by atoms with E-state index in [1.54, 1.807) is 0 Å². The van der Waals surface area contributed by atoms with E-state index >= 15 is 0 Å². The third kappa shape index (κ3) is 4.35. The molecule has 0 aliphatic heterocycles. The highest BCUT2D eigenvalue weighted by atomic mass is 19.4. The Balaban J connectivity index is 3.48. The molecule has 0 radical (unpaired) electrons. The molecule has 0 fully saturated rings. The number of hydrogen-bond donors (Lipinski definition) is 0. The van der Waals surface area contributed by atoms with E-state index in [4.69, 9.17) is 15.8 Å². The first-order valence-corrected chi connectivity index (χ1v) is 8.94. The first-order valence-electron chi connectivity index (χ1n) is 8.94. The molecule has 0 aliphatic carbocycles. The van der Waals surface area contributed by atoms with Gasteiger partial charge in [-0.2, -0.15) is 63.2 Å². The molecule has 36 heavy (non-hydrogen) atoms. The van der Waals surface area contributed by atoms with Crippen LogP contribution in [0.4, 0.5) is 26.3 Å². The van der Waals surface area contributed by atoms with E-state index < -0.39 is 72.9 Å². The molecule has 0 bridgehead atoms. The number of nitrogens with zero attached hydrogens (tertiary/aromatic N) is 7. The van der Waals surface area contributed by atoms with Crippen molar-refractivity contribution < 1.29 is 26.3 Å². The van der Waals surface area contributed by atoms with Crippen molar-refractivity contribution in [3.05, 3.63) is 67.6 Å². The molecule has 0 spiro atoms. The van der Waals surface area contributed by atoms with Crippen LogP contribution in [-0.2, 0) is 12.4 Å². The average molecular weight is 491 g/mol. The van der Waals surface area contributed by atoms with Crippen molar-refractivity contribution >= 4 is 11.1 Å². The standard InChI is InChI=1S/C23H3F6N7/c24-22(25,26)19-3-11(4-30)21(23(27,28)29)18(10-36)20(19)17(9-35)14-2-1-13(12(5-31)6-32)15(7-33)16(14)8-34/h1-3H/b17-14-. The first-order chi connectivity index (χ1) is 16.9. The Morgan fingerprint density at radius 2 is 1.11 bits per heavy atom. The summed E-state index contributed by atoms with van der Waals surface area (Å²) in [5.74, 6) is 0. The lowest BCUT2D eigenvalue weighted by molar-refractivity contribution is -0.141. The molecule has 2 aromatic rings.